The summed E-state index contributed by atoms with van der Waals surface area (Å²) < 4.78 is 18.9. The number of unbranched alkanes of at least 4 members (excludes halogenated alkanes) is 1. The van der Waals surface area contributed by atoms with Gasteiger partial charge in [-0.2, -0.15) is 0 Å². The summed E-state index contributed by atoms with van der Waals surface area (Å²) in [5, 5.41) is 12.1. The molecule has 28 heteroatoms. The molecule has 0 unspecified atom stereocenters. The Labute approximate surface area is 727 Å². The van der Waals surface area contributed by atoms with E-state index >= 15 is 0 Å². The number of aryl methyl sites for hydroxylation is 1. The monoisotopic (exact) mass is 1820 g/mol. The molecule has 642 valence electrons. The first-order chi connectivity index (χ1) is 50.9. The molecule has 6 N–H and O–H groups in total. The molecule has 0 aromatic heterocycles. The van der Waals surface area contributed by atoms with Crippen LogP contribution in [-0.2, 0) is 50.3 Å². The molecule has 0 bridgehead atoms. The van der Waals surface area contributed by atoms with Crippen molar-refractivity contribution in [3.05, 3.63) is 174 Å². The van der Waals surface area contributed by atoms with Crippen molar-refractivity contribution in [3.8, 4) is 0 Å². The summed E-state index contributed by atoms with van der Waals surface area (Å²) in [7, 11) is 24.7. The molecule has 0 aliphatic rings. The van der Waals surface area contributed by atoms with E-state index < -0.39 is 29.1 Å². The van der Waals surface area contributed by atoms with Gasteiger partial charge >= 0.3 is 18.4 Å². The molecule has 0 radical (unpaired) electrons. The number of benzene rings is 5. The smallest absolute Gasteiger partial charge is 0.444 e. The normalized spacial score (nSPS) is 10.8. The lowest BCUT2D eigenvalue weighted by Gasteiger charge is -2.23. The SMILES string of the molecule is CC(C)(C)OC(=O)OC(=O)OC(C)(C)C.CCCBr.CCCN(CCN(C)C)Cc1ccc(Cl)cc1.CN(C)CCCCc1ccc(Cl)cc1.CN(C)CCN.CN(C)CCN(CCN)Cc1ccc(Cl)cc1.CN(C)CCNC(=O)OC(C)(C)C.CN(C)CCNCc1ccc(Cl)cc1.Cl.Cl.Clc1ccc(CBr)cc1. The van der Waals surface area contributed by atoms with Crippen molar-refractivity contribution in [3.63, 3.8) is 0 Å². The topological polar surface area (TPSA) is 190 Å². The van der Waals surface area contributed by atoms with Gasteiger partial charge in [0.25, 0.3) is 0 Å². The second kappa shape index (κ2) is 73.1. The minimum Gasteiger partial charge on any atom is -0.444 e. The maximum absolute atomic E-state index is 11.1. The number of hydrogen-bond acceptors (Lipinski definition) is 18. The molecule has 1 amide bonds. The molecule has 5 aromatic rings. The molecule has 5 rings (SSSR count). The number of alkyl carbamates (subject to hydrolysis) is 1. The minimum atomic E-state index is -1.06. The molecule has 19 nitrogen and oxygen atoms in total. The van der Waals surface area contributed by atoms with Crippen LogP contribution in [0.1, 0.15) is 130 Å². The number of amides is 1. The Morgan fingerprint density at radius 1 is 0.387 bits per heavy atom. The van der Waals surface area contributed by atoms with Gasteiger partial charge in [-0.15, -0.1) is 24.8 Å². The first-order valence-electron chi connectivity index (χ1n) is 37.3. The van der Waals surface area contributed by atoms with Crippen LogP contribution in [-0.4, -0.2) is 256 Å². The van der Waals surface area contributed by atoms with E-state index in [0.717, 1.165) is 134 Å². The zero-order valence-electron chi connectivity index (χ0n) is 71.6. The van der Waals surface area contributed by atoms with Crippen molar-refractivity contribution < 1.29 is 33.3 Å². The fourth-order valence-electron chi connectivity index (χ4n) is 8.10. The summed E-state index contributed by atoms with van der Waals surface area (Å²) >= 11 is 35.6. The summed E-state index contributed by atoms with van der Waals surface area (Å²) in [5.74, 6) is 0. The van der Waals surface area contributed by atoms with Crippen LogP contribution in [0.25, 0.3) is 0 Å². The number of hydrogen-bond donors (Lipinski definition) is 4. The van der Waals surface area contributed by atoms with Gasteiger partial charge in [0.2, 0.25) is 0 Å². The van der Waals surface area contributed by atoms with Gasteiger partial charge in [0.15, 0.2) is 0 Å². The molecule has 0 spiro atoms. The Kier molecular flexibility index (Phi) is 78.0. The lowest BCUT2D eigenvalue weighted by Crippen LogP contribution is -2.36. The van der Waals surface area contributed by atoms with Gasteiger partial charge < -0.3 is 70.4 Å². The second-order valence-corrected chi connectivity index (χ2v) is 33.5. The quantitative estimate of drug-likeness (QED) is 0.0108. The van der Waals surface area contributed by atoms with Crippen molar-refractivity contribution >= 4 is 133 Å². The van der Waals surface area contributed by atoms with Crippen molar-refractivity contribution in [2.24, 2.45) is 11.5 Å². The van der Waals surface area contributed by atoms with Crippen LogP contribution in [0.15, 0.2) is 121 Å². The van der Waals surface area contributed by atoms with Gasteiger partial charge in [0.1, 0.15) is 16.8 Å². The van der Waals surface area contributed by atoms with E-state index in [0.29, 0.717) is 13.1 Å². The van der Waals surface area contributed by atoms with Gasteiger partial charge in [0, 0.05) is 134 Å². The Hall–Kier alpha value is -3.34. The molecule has 5 aromatic carbocycles. The average molecular weight is 1830 g/mol. The zero-order chi connectivity index (χ0) is 84.0. The van der Waals surface area contributed by atoms with Crippen LogP contribution in [0.5, 0.6) is 0 Å². The predicted octanol–water partition coefficient (Wildman–Crippen LogP) is 19.3. The number of carbonyl (C=O) groups is 3. The number of alkyl halides is 2. The van der Waals surface area contributed by atoms with Crippen LogP contribution in [0.2, 0.25) is 25.1 Å². The fourth-order valence-corrected chi connectivity index (χ4v) is 9.10. The molecule has 0 aliphatic heterocycles. The maximum atomic E-state index is 11.1. The maximum Gasteiger partial charge on any atom is 0.519 e. The minimum absolute atomic E-state index is 0. The van der Waals surface area contributed by atoms with E-state index in [1.165, 1.54) is 60.0 Å². The molecular formula is C83H145Br2Cl7N12O7. The standard InChI is InChI=1S/C14H23ClN2.C13H22ClN3.C12H18ClN.C11H17ClN2.C10H18O5.C9H20N2O2.C7H6BrCl.C4H12N2.C3H7Br.2ClH/c1-4-9-17(11-10-16(2)3)12-13-5-7-14(15)8-6-13;1-16(2)9-10-17(8-7-15)11-12-3-5-13(14)6-4-12;1-14(2)10-4-3-5-11-6-8-12(13)9-7-11;1-14(2)8-7-13-9-10-3-5-11(12)6-4-10;1-9(2,3)14-7(11)13-8(12)15-10(4,5)6;1-9(2,3)13-8(12)10-6-7-11(4)5;8-5-6-1-3-7(9)4-2-6;1-6(2)4-3-5;1-2-3-4;;/h5-8H,4,9-12H2,1-3H3;3-6H,7-11,15H2,1-2H3;6-9H,3-5,10H2,1-2H3;3-6,13H,7-9H2,1-2H3;1-6H3;6-7H2,1-5H3,(H,10,12);1-4H,5H2;3-5H2,1-2H3;2-3H2,1H3;2*1H. The number of likely N-dealkylation sites (N-methyl/N-ethyl adjacent to an activating group) is 5. The van der Waals surface area contributed by atoms with E-state index in [1.54, 1.807) is 41.5 Å². The van der Waals surface area contributed by atoms with Gasteiger partial charge in [-0.3, -0.25) is 9.80 Å². The molecule has 111 heavy (non-hydrogen) atoms. The number of rotatable bonds is 31. The van der Waals surface area contributed by atoms with E-state index in [-0.39, 0.29) is 30.9 Å². The predicted molar refractivity (Wildman–Crippen MR) is 491 cm³/mol. The molecule has 0 saturated carbocycles. The second-order valence-electron chi connectivity index (χ2n) is 30.0. The largest absolute Gasteiger partial charge is 0.519 e. The molecule has 0 saturated heterocycles. The number of halogens is 9. The summed E-state index contributed by atoms with van der Waals surface area (Å²) in [6.45, 7) is 36.3. The number of nitrogens with zero attached hydrogens (tertiary/aromatic N) is 8. The van der Waals surface area contributed by atoms with Crippen molar-refractivity contribution in [2.45, 2.75) is 150 Å². The Morgan fingerprint density at radius 2 is 0.703 bits per heavy atom. The van der Waals surface area contributed by atoms with Crippen LogP contribution in [0.3, 0.4) is 0 Å². The van der Waals surface area contributed by atoms with Crippen molar-refractivity contribution in [1.82, 2.24) is 49.8 Å². The first-order valence-corrected chi connectivity index (χ1v) is 41.4. The van der Waals surface area contributed by atoms with Crippen molar-refractivity contribution in [2.75, 3.05) is 182 Å². The number of nitrogens with two attached hydrogens (primary N) is 2. The molecule has 0 atom stereocenters. The van der Waals surface area contributed by atoms with Crippen LogP contribution in [0, 0.1) is 0 Å². The van der Waals surface area contributed by atoms with Crippen LogP contribution in [0.4, 0.5) is 14.4 Å². The number of nitrogens with one attached hydrogen (secondary N) is 2. The zero-order valence-corrected chi connectivity index (χ0v) is 80.2. The van der Waals surface area contributed by atoms with E-state index in [4.69, 9.17) is 83.7 Å². The average Bonchev–Trinajstić information content (AvgIpc) is 0.909. The third kappa shape index (κ3) is 87.3. The summed E-state index contributed by atoms with van der Waals surface area (Å²) in [6.07, 6.45) is 3.63. The molecular weight excluding hydrogens is 1680 g/mol. The van der Waals surface area contributed by atoms with Crippen molar-refractivity contribution in [1.29, 1.82) is 0 Å². The summed E-state index contributed by atoms with van der Waals surface area (Å²) in [6, 6.07) is 40.0. The third-order valence-electron chi connectivity index (χ3n) is 13.6. The highest BCUT2D eigenvalue weighted by atomic mass is 79.9. The summed E-state index contributed by atoms with van der Waals surface area (Å²) in [4.78, 5) is 50.8. The lowest BCUT2D eigenvalue weighted by atomic mass is 10.1. The third-order valence-corrected chi connectivity index (χ3v) is 16.3. The van der Waals surface area contributed by atoms with Gasteiger partial charge in [-0.05, 0) is 281 Å². The Bertz CT molecular complexity index is 2810. The van der Waals surface area contributed by atoms with Crippen LogP contribution < -0.4 is 22.1 Å². The molecule has 0 aliphatic carbocycles. The summed E-state index contributed by atoms with van der Waals surface area (Å²) in [5.41, 5.74) is 15.5. The Morgan fingerprint density at radius 3 is 1.00 bits per heavy atom. The van der Waals surface area contributed by atoms with Gasteiger partial charge in [0.05, 0.1) is 0 Å². The number of ether oxygens (including phenoxy) is 4. The van der Waals surface area contributed by atoms with E-state index in [9.17, 15) is 14.4 Å². The molecule has 0 fully saturated rings. The lowest BCUT2D eigenvalue weighted by molar-refractivity contribution is -0.0294. The van der Waals surface area contributed by atoms with E-state index in [1.807, 2.05) is 139 Å². The van der Waals surface area contributed by atoms with Gasteiger partial charge in [-0.1, -0.05) is 164 Å². The first kappa shape index (κ1) is 119. The van der Waals surface area contributed by atoms with E-state index in [2.05, 4.69) is 188 Å². The fraction of sp³-hybridized carbons (Fsp3) is 0.602. The highest BCUT2D eigenvalue weighted by Crippen LogP contribution is 2.17. The van der Waals surface area contributed by atoms with Crippen LogP contribution >= 0.6 is 115 Å². The Balaban J connectivity index is -0.000000284. The number of carbonyl (C=O) groups excluding carboxylic acids is 3. The highest BCUT2D eigenvalue weighted by molar-refractivity contribution is 9.09. The highest BCUT2D eigenvalue weighted by Gasteiger charge is 2.24. The molecule has 0 heterocycles. The van der Waals surface area contributed by atoms with Gasteiger partial charge in [-0.25, -0.2) is 14.4 Å².